The van der Waals surface area contributed by atoms with E-state index in [0.29, 0.717) is 16.5 Å². The van der Waals surface area contributed by atoms with Crippen LogP contribution in [0.4, 0.5) is 5.82 Å². The van der Waals surface area contributed by atoms with Crippen molar-refractivity contribution in [3.8, 4) is 11.4 Å². The predicted octanol–water partition coefficient (Wildman–Crippen LogP) is 5.71. The van der Waals surface area contributed by atoms with Gasteiger partial charge in [0.15, 0.2) is 0 Å². The number of thioether (sulfide) groups is 1. The number of hydrogen-bond donors (Lipinski definition) is 1. The molecule has 1 aliphatic rings. The third kappa shape index (κ3) is 5.96. The third-order valence-electron chi connectivity index (χ3n) is 6.80. The van der Waals surface area contributed by atoms with Crippen LogP contribution in [0.2, 0.25) is 5.02 Å². The number of amides is 2. The van der Waals surface area contributed by atoms with Gasteiger partial charge in [0.25, 0.3) is 0 Å². The van der Waals surface area contributed by atoms with E-state index in [2.05, 4.69) is 31.1 Å². The number of anilines is 1. The summed E-state index contributed by atoms with van der Waals surface area (Å²) < 4.78 is 7.47. The number of ether oxygens (including phenoxy) is 1. The second-order valence-corrected chi connectivity index (χ2v) is 12.2. The zero-order valence-corrected chi connectivity index (χ0v) is 25.0. The van der Waals surface area contributed by atoms with Crippen LogP contribution in [0.3, 0.4) is 0 Å². The molecule has 0 aliphatic carbocycles. The Hall–Kier alpha value is -3.82. The van der Waals surface area contributed by atoms with Gasteiger partial charge >= 0.3 is 0 Å². The summed E-state index contributed by atoms with van der Waals surface area (Å²) in [6.45, 7) is 6.34. The molecule has 10 heteroatoms. The van der Waals surface area contributed by atoms with Crippen LogP contribution in [0.25, 0.3) is 5.69 Å². The lowest BCUT2D eigenvalue weighted by Gasteiger charge is -2.25. The maximum absolute atomic E-state index is 13.9. The Bertz CT molecular complexity index is 1570. The average Bonchev–Trinajstić information content (AvgIpc) is 3.30. The van der Waals surface area contributed by atoms with E-state index in [1.807, 2.05) is 60.7 Å². The van der Waals surface area contributed by atoms with Crippen molar-refractivity contribution in [2.75, 3.05) is 24.3 Å². The summed E-state index contributed by atoms with van der Waals surface area (Å²) in [7, 11) is 1.64. The highest BCUT2D eigenvalue weighted by Gasteiger charge is 2.40. The Morgan fingerprint density at radius 2 is 1.83 bits per heavy atom. The highest BCUT2D eigenvalue weighted by molar-refractivity contribution is 8.00. The molecule has 5 rings (SSSR count). The minimum absolute atomic E-state index is 0.164. The topological polar surface area (TPSA) is 89.3 Å². The van der Waals surface area contributed by atoms with Crippen molar-refractivity contribution in [1.82, 2.24) is 20.1 Å². The molecule has 212 valence electrons. The Kier molecular flexibility index (Phi) is 8.37. The van der Waals surface area contributed by atoms with Gasteiger partial charge in [0.1, 0.15) is 18.1 Å². The van der Waals surface area contributed by atoms with E-state index >= 15 is 0 Å². The van der Waals surface area contributed by atoms with Gasteiger partial charge in [0.05, 0.1) is 46.8 Å². The fourth-order valence-corrected chi connectivity index (χ4v) is 6.32. The summed E-state index contributed by atoms with van der Waals surface area (Å²) in [5, 5.41) is 8.21. The van der Waals surface area contributed by atoms with Gasteiger partial charge in [-0.3, -0.25) is 19.5 Å². The number of benzene rings is 2. The lowest BCUT2D eigenvalue weighted by molar-refractivity contribution is -0.123. The zero-order valence-electron chi connectivity index (χ0n) is 23.4. The number of fused-ring (bicyclic) bond motifs is 1. The molecule has 41 heavy (non-hydrogen) atoms. The van der Waals surface area contributed by atoms with Crippen molar-refractivity contribution in [3.05, 3.63) is 100 Å². The van der Waals surface area contributed by atoms with Crippen LogP contribution in [0.1, 0.15) is 48.5 Å². The molecule has 0 spiro atoms. The van der Waals surface area contributed by atoms with E-state index in [4.69, 9.17) is 21.4 Å². The molecule has 8 nitrogen and oxygen atoms in total. The standard InChI is InChI=1S/C31H32ClN5O3S/c1-31(2,3)29-27-28(21-12-5-8-15-24(21)40-4)41-19-26(39)36(18-25(38)34-17-20-11-9-10-16-33-20)30(27)37(35-29)23-14-7-6-13-22(23)32/h5-16,28H,17-19H2,1-4H3,(H,34,38). The van der Waals surface area contributed by atoms with Gasteiger partial charge in [-0.2, -0.15) is 5.10 Å². The first-order valence-electron chi connectivity index (χ1n) is 13.3. The van der Waals surface area contributed by atoms with Crippen LogP contribution in [0, 0.1) is 0 Å². The number of methoxy groups -OCH3 is 1. The number of pyridine rings is 1. The fourth-order valence-electron chi connectivity index (χ4n) is 4.88. The van der Waals surface area contributed by atoms with Crippen LogP contribution in [-0.2, 0) is 21.5 Å². The number of hydrogen-bond acceptors (Lipinski definition) is 6. The number of nitrogens with one attached hydrogen (secondary N) is 1. The Labute approximate surface area is 249 Å². The van der Waals surface area contributed by atoms with Crippen molar-refractivity contribution in [1.29, 1.82) is 0 Å². The Morgan fingerprint density at radius 1 is 1.10 bits per heavy atom. The van der Waals surface area contributed by atoms with Crippen LogP contribution in [-0.4, -0.2) is 46.0 Å². The maximum atomic E-state index is 13.9. The van der Waals surface area contributed by atoms with E-state index in [1.165, 1.54) is 16.7 Å². The molecule has 2 aromatic carbocycles. The number of nitrogens with zero attached hydrogens (tertiary/aromatic N) is 4. The number of aromatic nitrogens is 3. The average molecular weight is 590 g/mol. The molecule has 2 amide bonds. The van der Waals surface area contributed by atoms with Gasteiger partial charge in [-0.15, -0.1) is 11.8 Å². The van der Waals surface area contributed by atoms with Gasteiger partial charge < -0.3 is 10.1 Å². The quantitative estimate of drug-likeness (QED) is 0.297. The summed E-state index contributed by atoms with van der Waals surface area (Å²) in [6.07, 6.45) is 1.68. The third-order valence-corrected chi connectivity index (χ3v) is 8.35. The second-order valence-electron chi connectivity index (χ2n) is 10.7. The maximum Gasteiger partial charge on any atom is 0.240 e. The molecule has 1 aliphatic heterocycles. The van der Waals surface area contributed by atoms with Crippen molar-refractivity contribution in [2.45, 2.75) is 38.0 Å². The largest absolute Gasteiger partial charge is 0.496 e. The minimum atomic E-state index is -0.391. The van der Waals surface area contributed by atoms with E-state index in [-0.39, 0.29) is 35.9 Å². The summed E-state index contributed by atoms with van der Waals surface area (Å²) in [4.78, 5) is 33.0. The highest BCUT2D eigenvalue weighted by Crippen LogP contribution is 2.50. The molecule has 0 saturated carbocycles. The van der Waals surface area contributed by atoms with Gasteiger partial charge in [-0.25, -0.2) is 4.68 Å². The zero-order chi connectivity index (χ0) is 29.1. The predicted molar refractivity (Wildman–Crippen MR) is 163 cm³/mol. The smallest absolute Gasteiger partial charge is 0.240 e. The van der Waals surface area contributed by atoms with E-state index in [0.717, 1.165) is 28.3 Å². The van der Waals surface area contributed by atoms with Crippen molar-refractivity contribution in [2.24, 2.45) is 0 Å². The number of para-hydroxylation sites is 2. The summed E-state index contributed by atoms with van der Waals surface area (Å²) in [5.41, 5.74) is 3.56. The minimum Gasteiger partial charge on any atom is -0.496 e. The summed E-state index contributed by atoms with van der Waals surface area (Å²) >= 11 is 8.20. The molecule has 2 aromatic heterocycles. The first kappa shape index (κ1) is 28.7. The molecule has 0 saturated heterocycles. The van der Waals surface area contributed by atoms with Crippen LogP contribution < -0.4 is 15.0 Å². The number of halogens is 1. The first-order valence-corrected chi connectivity index (χ1v) is 14.7. The lowest BCUT2D eigenvalue weighted by atomic mass is 9.87. The molecule has 0 bridgehead atoms. The Morgan fingerprint density at radius 3 is 2.54 bits per heavy atom. The summed E-state index contributed by atoms with van der Waals surface area (Å²) in [5.74, 6) is 0.907. The Balaban J connectivity index is 1.69. The highest BCUT2D eigenvalue weighted by atomic mass is 35.5. The lowest BCUT2D eigenvalue weighted by Crippen LogP contribution is -2.42. The van der Waals surface area contributed by atoms with Gasteiger partial charge in [0.2, 0.25) is 11.8 Å². The molecule has 0 radical (unpaired) electrons. The van der Waals surface area contributed by atoms with Crippen molar-refractivity contribution < 1.29 is 14.3 Å². The van der Waals surface area contributed by atoms with E-state index < -0.39 is 5.41 Å². The summed E-state index contributed by atoms with van der Waals surface area (Å²) in [6, 6.07) is 20.7. The van der Waals surface area contributed by atoms with Gasteiger partial charge in [0, 0.05) is 22.7 Å². The number of carbonyl (C=O) groups excluding carboxylic acids is 2. The van der Waals surface area contributed by atoms with Crippen LogP contribution in [0.15, 0.2) is 72.9 Å². The normalized spacial score (nSPS) is 15.3. The molecule has 1 N–H and O–H groups in total. The molecular formula is C31H32ClN5O3S. The second kappa shape index (κ2) is 12.0. The number of carbonyl (C=O) groups is 2. The monoisotopic (exact) mass is 589 g/mol. The molecular weight excluding hydrogens is 558 g/mol. The van der Waals surface area contributed by atoms with Gasteiger partial charge in [-0.1, -0.05) is 68.8 Å². The van der Waals surface area contributed by atoms with Crippen molar-refractivity contribution >= 4 is 41.0 Å². The van der Waals surface area contributed by atoms with E-state index in [9.17, 15) is 9.59 Å². The molecule has 3 heterocycles. The number of rotatable bonds is 7. The molecule has 1 atom stereocenters. The van der Waals surface area contributed by atoms with Crippen LogP contribution >= 0.6 is 23.4 Å². The van der Waals surface area contributed by atoms with Gasteiger partial charge in [-0.05, 0) is 30.3 Å². The fraction of sp³-hybridized carbons (Fsp3) is 0.290. The molecule has 4 aromatic rings. The van der Waals surface area contributed by atoms with Crippen LogP contribution in [0.5, 0.6) is 5.75 Å². The van der Waals surface area contributed by atoms with Crippen molar-refractivity contribution in [3.63, 3.8) is 0 Å². The molecule has 1 unspecified atom stereocenters. The first-order chi connectivity index (χ1) is 19.7. The van der Waals surface area contributed by atoms with E-state index in [1.54, 1.807) is 24.1 Å². The molecule has 0 fully saturated rings. The SMILES string of the molecule is COc1ccccc1C1SCC(=O)N(CC(=O)NCc2ccccn2)c2c1c(C(C)(C)C)nn2-c1ccccc1Cl.